The first-order valence-electron chi connectivity index (χ1n) is 3.52. The number of nitrogens with zero attached hydrogens (tertiary/aromatic N) is 1. The molecule has 0 atom stereocenters. The Hall–Kier alpha value is -1.09. The van der Waals surface area contributed by atoms with Gasteiger partial charge in [-0.1, -0.05) is 6.08 Å². The second-order valence-corrected chi connectivity index (χ2v) is 3.12. The van der Waals surface area contributed by atoms with Crippen LogP contribution in [0, 0.1) is 0 Å². The van der Waals surface area contributed by atoms with Crippen molar-refractivity contribution in [2.75, 3.05) is 5.75 Å². The Bertz CT molecular complexity index is 286. The van der Waals surface area contributed by atoms with Crippen LogP contribution in [-0.4, -0.2) is 17.0 Å². The molecule has 0 aliphatic carbocycles. The Labute approximate surface area is 75.7 Å². The normalized spacial score (nSPS) is 9.33. The molecule has 1 heterocycles. The zero-order valence-electron chi connectivity index (χ0n) is 6.56. The molecule has 0 aliphatic rings. The van der Waals surface area contributed by atoms with Crippen LogP contribution in [0.4, 0.5) is 0 Å². The maximum absolute atomic E-state index is 10.5. The van der Waals surface area contributed by atoms with E-state index in [1.807, 2.05) is 0 Å². The van der Waals surface area contributed by atoms with Crippen molar-refractivity contribution in [3.8, 4) is 0 Å². The zero-order chi connectivity index (χ0) is 8.81. The summed E-state index contributed by atoms with van der Waals surface area (Å²) in [6.45, 7) is 3.59. The van der Waals surface area contributed by atoms with Crippen LogP contribution in [0.25, 0.3) is 0 Å². The van der Waals surface area contributed by atoms with E-state index in [1.54, 1.807) is 24.4 Å². The molecule has 0 spiro atoms. The predicted octanol–water partition coefficient (Wildman–Crippen LogP) is 2.17. The summed E-state index contributed by atoms with van der Waals surface area (Å²) in [5.41, 5.74) is 0.643. The van der Waals surface area contributed by atoms with Gasteiger partial charge in [-0.15, -0.1) is 18.3 Å². The molecule has 1 aromatic heterocycles. The van der Waals surface area contributed by atoms with Crippen LogP contribution < -0.4 is 0 Å². The van der Waals surface area contributed by atoms with Crippen LogP contribution in [0.5, 0.6) is 0 Å². The fourth-order valence-corrected chi connectivity index (χ4v) is 1.45. The molecule has 1 aromatic rings. The van der Waals surface area contributed by atoms with E-state index in [1.165, 1.54) is 11.8 Å². The molecule has 3 heteroatoms. The lowest BCUT2D eigenvalue weighted by Gasteiger charge is -1.98. The van der Waals surface area contributed by atoms with Gasteiger partial charge in [-0.2, -0.15) is 0 Å². The number of thioether (sulfide) groups is 1. The van der Waals surface area contributed by atoms with Crippen molar-refractivity contribution in [2.45, 2.75) is 5.03 Å². The van der Waals surface area contributed by atoms with Crippen molar-refractivity contribution >= 4 is 18.0 Å². The number of hydrogen-bond acceptors (Lipinski definition) is 3. The van der Waals surface area contributed by atoms with Gasteiger partial charge in [0, 0.05) is 17.5 Å². The van der Waals surface area contributed by atoms with Crippen LogP contribution in [0.3, 0.4) is 0 Å². The van der Waals surface area contributed by atoms with Crippen molar-refractivity contribution in [1.29, 1.82) is 0 Å². The fraction of sp³-hybridized carbons (Fsp3) is 0.111. The highest BCUT2D eigenvalue weighted by Gasteiger charge is 2.00. The highest BCUT2D eigenvalue weighted by molar-refractivity contribution is 7.99. The summed E-state index contributed by atoms with van der Waals surface area (Å²) in [6.07, 6.45) is 4.28. The minimum absolute atomic E-state index is 0.643. The number of carbonyl (C=O) groups is 1. The van der Waals surface area contributed by atoms with Gasteiger partial charge in [0.05, 0.1) is 0 Å². The molecular weight excluding hydrogens is 170 g/mol. The van der Waals surface area contributed by atoms with Crippen molar-refractivity contribution < 1.29 is 4.79 Å². The van der Waals surface area contributed by atoms with Crippen LogP contribution in [0.2, 0.25) is 0 Å². The zero-order valence-corrected chi connectivity index (χ0v) is 7.38. The first-order valence-corrected chi connectivity index (χ1v) is 4.51. The lowest BCUT2D eigenvalue weighted by atomic mass is 10.3. The lowest BCUT2D eigenvalue weighted by Crippen LogP contribution is -1.88. The minimum Gasteiger partial charge on any atom is -0.298 e. The van der Waals surface area contributed by atoms with Crippen LogP contribution in [-0.2, 0) is 0 Å². The molecule has 2 nitrogen and oxygen atoms in total. The number of pyridine rings is 1. The van der Waals surface area contributed by atoms with Crippen molar-refractivity contribution in [1.82, 2.24) is 4.98 Å². The maximum Gasteiger partial charge on any atom is 0.152 e. The number of aromatic nitrogens is 1. The van der Waals surface area contributed by atoms with E-state index in [0.29, 0.717) is 5.56 Å². The van der Waals surface area contributed by atoms with Gasteiger partial charge in [0.15, 0.2) is 6.29 Å². The quantitative estimate of drug-likeness (QED) is 0.403. The van der Waals surface area contributed by atoms with E-state index >= 15 is 0 Å². The molecule has 0 saturated heterocycles. The van der Waals surface area contributed by atoms with Gasteiger partial charge in [0.25, 0.3) is 0 Å². The largest absolute Gasteiger partial charge is 0.298 e. The number of carbonyl (C=O) groups excluding carboxylic acids is 1. The molecule has 0 saturated carbocycles. The van der Waals surface area contributed by atoms with Gasteiger partial charge in [0.1, 0.15) is 5.03 Å². The minimum atomic E-state index is 0.643. The highest BCUT2D eigenvalue weighted by Crippen LogP contribution is 2.17. The van der Waals surface area contributed by atoms with Crippen molar-refractivity contribution in [2.24, 2.45) is 0 Å². The van der Waals surface area contributed by atoms with Gasteiger partial charge in [-0.25, -0.2) is 4.98 Å². The summed E-state index contributed by atoms with van der Waals surface area (Å²) in [7, 11) is 0. The summed E-state index contributed by atoms with van der Waals surface area (Å²) in [4.78, 5) is 14.6. The predicted molar refractivity (Wildman–Crippen MR) is 50.5 cm³/mol. The van der Waals surface area contributed by atoms with Gasteiger partial charge >= 0.3 is 0 Å². The Balaban J connectivity index is 2.81. The molecule has 0 amide bonds. The monoisotopic (exact) mass is 179 g/mol. The average molecular weight is 179 g/mol. The van der Waals surface area contributed by atoms with E-state index in [0.717, 1.165) is 17.1 Å². The first-order chi connectivity index (χ1) is 5.88. The molecular formula is C9H9NOS. The molecule has 0 aromatic carbocycles. The first kappa shape index (κ1) is 9.00. The van der Waals surface area contributed by atoms with E-state index in [2.05, 4.69) is 11.6 Å². The van der Waals surface area contributed by atoms with Crippen LogP contribution in [0.15, 0.2) is 36.0 Å². The number of hydrogen-bond donors (Lipinski definition) is 0. The average Bonchev–Trinajstić information content (AvgIpc) is 2.15. The molecule has 0 aliphatic heterocycles. The summed E-state index contributed by atoms with van der Waals surface area (Å²) in [5, 5.41) is 0.771. The third-order valence-electron chi connectivity index (χ3n) is 1.27. The fourth-order valence-electron chi connectivity index (χ4n) is 0.751. The van der Waals surface area contributed by atoms with E-state index in [-0.39, 0.29) is 0 Å². The lowest BCUT2D eigenvalue weighted by molar-refractivity contribution is 0.112. The molecule has 0 fully saturated rings. The Morgan fingerprint density at radius 3 is 3.17 bits per heavy atom. The van der Waals surface area contributed by atoms with Crippen LogP contribution >= 0.6 is 11.8 Å². The second kappa shape index (κ2) is 4.72. The van der Waals surface area contributed by atoms with E-state index < -0.39 is 0 Å². The maximum atomic E-state index is 10.5. The van der Waals surface area contributed by atoms with Crippen molar-refractivity contribution in [3.63, 3.8) is 0 Å². The Morgan fingerprint density at radius 1 is 1.67 bits per heavy atom. The third-order valence-corrected chi connectivity index (χ3v) is 2.28. The number of rotatable bonds is 4. The summed E-state index contributed by atoms with van der Waals surface area (Å²) in [5.74, 6) is 0.776. The van der Waals surface area contributed by atoms with Gasteiger partial charge in [0.2, 0.25) is 0 Å². The third kappa shape index (κ3) is 2.20. The molecule has 0 unspecified atom stereocenters. The Morgan fingerprint density at radius 2 is 2.50 bits per heavy atom. The standard InChI is InChI=1S/C9H9NOS/c1-2-6-12-9-8(7-11)4-3-5-10-9/h2-5,7H,1,6H2. The molecule has 0 bridgehead atoms. The second-order valence-electron chi connectivity index (χ2n) is 2.12. The van der Waals surface area contributed by atoms with Gasteiger partial charge in [-0.05, 0) is 12.1 Å². The van der Waals surface area contributed by atoms with Gasteiger partial charge in [-0.3, -0.25) is 4.79 Å². The molecule has 0 radical (unpaired) electrons. The van der Waals surface area contributed by atoms with Crippen molar-refractivity contribution in [3.05, 3.63) is 36.5 Å². The summed E-state index contributed by atoms with van der Waals surface area (Å²) >= 11 is 1.51. The number of aldehydes is 1. The SMILES string of the molecule is C=CCSc1ncccc1C=O. The highest BCUT2D eigenvalue weighted by atomic mass is 32.2. The molecule has 62 valence electrons. The van der Waals surface area contributed by atoms with Crippen LogP contribution in [0.1, 0.15) is 10.4 Å². The topological polar surface area (TPSA) is 30.0 Å². The molecule has 12 heavy (non-hydrogen) atoms. The summed E-state index contributed by atoms with van der Waals surface area (Å²) < 4.78 is 0. The van der Waals surface area contributed by atoms with E-state index in [9.17, 15) is 4.79 Å². The van der Waals surface area contributed by atoms with E-state index in [4.69, 9.17) is 0 Å². The molecule has 0 N–H and O–H groups in total. The smallest absolute Gasteiger partial charge is 0.152 e. The van der Waals surface area contributed by atoms with Gasteiger partial charge < -0.3 is 0 Å². The Kier molecular flexibility index (Phi) is 3.54. The molecule has 1 rings (SSSR count). The summed E-state index contributed by atoms with van der Waals surface area (Å²) in [6, 6.07) is 3.51.